The van der Waals surface area contributed by atoms with Gasteiger partial charge in [0.1, 0.15) is 5.76 Å². The summed E-state index contributed by atoms with van der Waals surface area (Å²) in [5.74, 6) is 1.89. The van der Waals surface area contributed by atoms with E-state index in [1.165, 1.54) is 24.0 Å². The van der Waals surface area contributed by atoms with Crippen molar-refractivity contribution in [1.29, 1.82) is 0 Å². The van der Waals surface area contributed by atoms with Crippen LogP contribution in [0, 0.1) is 5.92 Å². The van der Waals surface area contributed by atoms with E-state index in [-0.39, 0.29) is 0 Å². The molecule has 0 bridgehead atoms. The fourth-order valence-corrected chi connectivity index (χ4v) is 5.03. The zero-order valence-electron chi connectivity index (χ0n) is 19.4. The molecule has 32 heavy (non-hydrogen) atoms. The lowest BCUT2D eigenvalue weighted by Crippen LogP contribution is -2.48. The highest BCUT2D eigenvalue weighted by molar-refractivity contribution is 5.76. The molecule has 0 N–H and O–H groups in total. The Morgan fingerprint density at radius 2 is 1.84 bits per heavy atom. The molecule has 2 aliphatic heterocycles. The summed E-state index contributed by atoms with van der Waals surface area (Å²) in [5.41, 5.74) is 2.67. The van der Waals surface area contributed by atoms with Gasteiger partial charge < -0.3 is 9.32 Å². The van der Waals surface area contributed by atoms with Gasteiger partial charge in [0.2, 0.25) is 5.91 Å². The Bertz CT molecular complexity index is 854. The van der Waals surface area contributed by atoms with Crippen LogP contribution in [0.25, 0.3) is 6.08 Å². The molecule has 172 valence electrons. The van der Waals surface area contributed by atoms with Crippen molar-refractivity contribution in [2.24, 2.45) is 5.92 Å². The molecule has 3 heterocycles. The maximum absolute atomic E-state index is 12.8. The van der Waals surface area contributed by atoms with Crippen LogP contribution in [-0.4, -0.2) is 66.4 Å². The monoisotopic (exact) mass is 435 g/mol. The lowest BCUT2D eigenvalue weighted by atomic mass is 9.92. The smallest absolute Gasteiger partial charge is 0.222 e. The van der Waals surface area contributed by atoms with Crippen molar-refractivity contribution in [3.8, 4) is 0 Å². The molecule has 1 amide bonds. The summed E-state index contributed by atoms with van der Waals surface area (Å²) in [5, 5.41) is 0. The van der Waals surface area contributed by atoms with Crippen molar-refractivity contribution in [2.75, 3.05) is 45.8 Å². The van der Waals surface area contributed by atoms with Gasteiger partial charge in [-0.3, -0.25) is 14.6 Å². The summed E-state index contributed by atoms with van der Waals surface area (Å²) < 4.78 is 5.43. The van der Waals surface area contributed by atoms with Crippen LogP contribution in [0.1, 0.15) is 43.9 Å². The second-order valence-electron chi connectivity index (χ2n) is 9.43. The number of hydrogen-bond donors (Lipinski definition) is 0. The summed E-state index contributed by atoms with van der Waals surface area (Å²) >= 11 is 0. The number of nitrogens with zero attached hydrogens (tertiary/aromatic N) is 3. The van der Waals surface area contributed by atoms with Crippen LogP contribution in [0.3, 0.4) is 0 Å². The summed E-state index contributed by atoms with van der Waals surface area (Å²) in [6, 6.07) is 14.5. The molecule has 5 heteroatoms. The number of amides is 1. The number of carbonyl (C=O) groups is 1. The number of rotatable bonds is 8. The maximum Gasteiger partial charge on any atom is 0.222 e. The molecule has 0 aliphatic carbocycles. The number of piperazine rings is 1. The molecular weight excluding hydrogens is 398 g/mol. The van der Waals surface area contributed by atoms with Crippen LogP contribution >= 0.6 is 0 Å². The summed E-state index contributed by atoms with van der Waals surface area (Å²) in [6.07, 6.45) is 8.03. The lowest BCUT2D eigenvalue weighted by Gasteiger charge is -2.36. The van der Waals surface area contributed by atoms with Gasteiger partial charge in [0, 0.05) is 52.2 Å². The third kappa shape index (κ3) is 6.81. The first kappa shape index (κ1) is 22.8. The fourth-order valence-electron chi connectivity index (χ4n) is 5.03. The van der Waals surface area contributed by atoms with Crippen LogP contribution in [-0.2, 0) is 11.3 Å². The van der Waals surface area contributed by atoms with Gasteiger partial charge in [-0.25, -0.2) is 0 Å². The van der Waals surface area contributed by atoms with E-state index in [2.05, 4.69) is 58.0 Å². The molecular formula is C27H37N3O2. The van der Waals surface area contributed by atoms with Gasteiger partial charge in [-0.15, -0.1) is 0 Å². The molecule has 4 rings (SSSR count). The first-order valence-electron chi connectivity index (χ1n) is 12.1. The SMILES string of the molecule is CC(=Cc1ccco1)CN1CCCC(CCC(=O)N2CCN(Cc3ccccc3)CC2)C1. The highest BCUT2D eigenvalue weighted by Crippen LogP contribution is 2.23. The van der Waals surface area contributed by atoms with Gasteiger partial charge in [-0.05, 0) is 62.4 Å². The highest BCUT2D eigenvalue weighted by Gasteiger charge is 2.24. The standard InChI is InChI=1S/C27H37N3O2/c1-23(19-26-10-6-18-32-26)20-29-13-5-9-25(22-29)11-12-27(31)30-16-14-28(15-17-30)21-24-7-3-2-4-8-24/h2-4,6-8,10,18-19,25H,5,9,11-17,20-22H2,1H3. The van der Waals surface area contributed by atoms with Crippen molar-refractivity contribution >= 4 is 12.0 Å². The molecule has 2 aromatic rings. The second-order valence-corrected chi connectivity index (χ2v) is 9.43. The molecule has 1 atom stereocenters. The maximum atomic E-state index is 12.8. The zero-order chi connectivity index (χ0) is 22.2. The van der Waals surface area contributed by atoms with Gasteiger partial charge >= 0.3 is 0 Å². The Hall–Kier alpha value is -2.37. The van der Waals surface area contributed by atoms with Crippen molar-refractivity contribution in [3.63, 3.8) is 0 Å². The molecule has 0 saturated carbocycles. The summed E-state index contributed by atoms with van der Waals surface area (Å²) in [6.45, 7) is 10.0. The van der Waals surface area contributed by atoms with Crippen molar-refractivity contribution in [2.45, 2.75) is 39.2 Å². The van der Waals surface area contributed by atoms with Gasteiger partial charge in [0.05, 0.1) is 6.26 Å². The Morgan fingerprint density at radius 1 is 1.03 bits per heavy atom. The minimum absolute atomic E-state index is 0.343. The van der Waals surface area contributed by atoms with E-state index in [9.17, 15) is 4.79 Å². The molecule has 1 unspecified atom stereocenters. The van der Waals surface area contributed by atoms with E-state index < -0.39 is 0 Å². The topological polar surface area (TPSA) is 39.9 Å². The molecule has 5 nitrogen and oxygen atoms in total. The zero-order valence-corrected chi connectivity index (χ0v) is 19.4. The molecule has 1 aromatic carbocycles. The number of carbonyl (C=O) groups excluding carboxylic acids is 1. The van der Waals surface area contributed by atoms with Crippen LogP contribution < -0.4 is 0 Å². The average molecular weight is 436 g/mol. The summed E-state index contributed by atoms with van der Waals surface area (Å²) in [4.78, 5) is 19.9. The minimum Gasteiger partial charge on any atom is -0.465 e. The first-order valence-corrected chi connectivity index (χ1v) is 12.1. The Balaban J connectivity index is 1.16. The van der Waals surface area contributed by atoms with E-state index >= 15 is 0 Å². The number of hydrogen-bond acceptors (Lipinski definition) is 4. The van der Waals surface area contributed by atoms with E-state index in [0.717, 1.165) is 64.5 Å². The van der Waals surface area contributed by atoms with Gasteiger partial charge in [0.15, 0.2) is 0 Å². The largest absolute Gasteiger partial charge is 0.465 e. The third-order valence-corrected chi connectivity index (χ3v) is 6.75. The van der Waals surface area contributed by atoms with Gasteiger partial charge in [-0.1, -0.05) is 35.9 Å². The Kier molecular flexibility index (Phi) is 8.18. The van der Waals surface area contributed by atoms with Crippen molar-refractivity contribution in [3.05, 3.63) is 65.6 Å². The van der Waals surface area contributed by atoms with Crippen LogP contribution in [0.5, 0.6) is 0 Å². The normalized spacial score (nSPS) is 21.1. The molecule has 2 fully saturated rings. The first-order chi connectivity index (χ1) is 15.7. The van der Waals surface area contributed by atoms with E-state index in [4.69, 9.17) is 4.42 Å². The quantitative estimate of drug-likeness (QED) is 0.611. The molecule has 2 aliphatic rings. The highest BCUT2D eigenvalue weighted by atomic mass is 16.3. The average Bonchev–Trinajstić information content (AvgIpc) is 3.32. The second kappa shape index (κ2) is 11.5. The van der Waals surface area contributed by atoms with Crippen molar-refractivity contribution < 1.29 is 9.21 Å². The Labute approximate surface area is 192 Å². The van der Waals surface area contributed by atoms with Crippen molar-refractivity contribution in [1.82, 2.24) is 14.7 Å². The van der Waals surface area contributed by atoms with Gasteiger partial charge in [-0.2, -0.15) is 0 Å². The van der Waals surface area contributed by atoms with Crippen LogP contribution in [0.2, 0.25) is 0 Å². The predicted molar refractivity (Wildman–Crippen MR) is 129 cm³/mol. The molecule has 2 saturated heterocycles. The van der Waals surface area contributed by atoms with E-state index in [1.807, 2.05) is 12.1 Å². The molecule has 0 spiro atoms. The summed E-state index contributed by atoms with van der Waals surface area (Å²) in [7, 11) is 0. The molecule has 1 aromatic heterocycles. The lowest BCUT2D eigenvalue weighted by molar-refractivity contribution is -0.133. The number of piperidine rings is 1. The fraction of sp³-hybridized carbons (Fsp3) is 0.519. The number of furan rings is 1. The minimum atomic E-state index is 0.343. The van der Waals surface area contributed by atoms with Gasteiger partial charge in [0.25, 0.3) is 0 Å². The van der Waals surface area contributed by atoms with Crippen LogP contribution in [0.15, 0.2) is 58.7 Å². The Morgan fingerprint density at radius 3 is 2.59 bits per heavy atom. The number of likely N-dealkylation sites (tertiary alicyclic amines) is 1. The predicted octanol–water partition coefficient (Wildman–Crippen LogP) is 4.52. The third-order valence-electron chi connectivity index (χ3n) is 6.75. The van der Waals surface area contributed by atoms with E-state index in [0.29, 0.717) is 18.2 Å². The number of benzene rings is 1. The van der Waals surface area contributed by atoms with Crippen LogP contribution in [0.4, 0.5) is 0 Å². The molecule has 0 radical (unpaired) electrons. The van der Waals surface area contributed by atoms with E-state index in [1.54, 1.807) is 6.26 Å².